The number of hydrogen-bond donors (Lipinski definition) is 1. The average molecular weight is 540 g/mol. The van der Waals surface area contributed by atoms with E-state index in [1.807, 2.05) is 50.2 Å². The van der Waals surface area contributed by atoms with Gasteiger partial charge in [-0.3, -0.25) is 14.4 Å². The Hall–Kier alpha value is -3.09. The summed E-state index contributed by atoms with van der Waals surface area (Å²) < 4.78 is 0. The number of halogens is 2. The molecule has 3 aromatic rings. The average Bonchev–Trinajstić information content (AvgIpc) is 3.16. The second-order valence-corrected chi connectivity index (χ2v) is 10.3. The molecule has 6 nitrogen and oxygen atoms in total. The molecule has 0 spiro atoms. The van der Waals surface area contributed by atoms with Crippen molar-refractivity contribution >= 4 is 57.4 Å². The van der Waals surface area contributed by atoms with Gasteiger partial charge in [0.05, 0.1) is 5.69 Å². The van der Waals surface area contributed by atoms with Gasteiger partial charge in [0.1, 0.15) is 6.04 Å². The van der Waals surface area contributed by atoms with Crippen LogP contribution >= 0.6 is 23.2 Å². The third-order valence-corrected chi connectivity index (χ3v) is 7.69. The van der Waals surface area contributed by atoms with Crippen molar-refractivity contribution in [2.75, 3.05) is 11.4 Å². The van der Waals surface area contributed by atoms with Gasteiger partial charge in [0, 0.05) is 52.1 Å². The van der Waals surface area contributed by atoms with E-state index in [0.717, 1.165) is 22.9 Å². The van der Waals surface area contributed by atoms with Crippen molar-refractivity contribution in [3.05, 3.63) is 75.8 Å². The standard InChI is InChI=1S/C29H31Cl2N3O3/c1-4-18(2)32-28(36)19(3)34(17-22-23(30)12-7-13-24(22)31)26(35)15-8-16-33-25-14-6-10-20-9-5-11-21(27(20)25)29(33)37/h5-7,9-14,18-19H,4,8,15-17H2,1-3H3,(H,32,36)/t18-,19+/m0/s1. The molecular weight excluding hydrogens is 509 g/mol. The molecule has 0 radical (unpaired) electrons. The van der Waals surface area contributed by atoms with Gasteiger partial charge < -0.3 is 15.1 Å². The Labute approximate surface area is 227 Å². The topological polar surface area (TPSA) is 69.7 Å². The van der Waals surface area contributed by atoms with E-state index >= 15 is 0 Å². The van der Waals surface area contributed by atoms with Crippen LogP contribution in [-0.4, -0.2) is 41.2 Å². The minimum atomic E-state index is -0.722. The fraction of sp³-hybridized carbons (Fsp3) is 0.345. The zero-order valence-electron chi connectivity index (χ0n) is 21.3. The van der Waals surface area contributed by atoms with E-state index in [-0.39, 0.29) is 36.7 Å². The Balaban J connectivity index is 1.49. The molecule has 1 aliphatic heterocycles. The van der Waals surface area contributed by atoms with E-state index in [1.54, 1.807) is 30.0 Å². The molecule has 0 aliphatic carbocycles. The molecule has 3 aromatic carbocycles. The summed E-state index contributed by atoms with van der Waals surface area (Å²) in [6, 6.07) is 16.0. The number of anilines is 1. The van der Waals surface area contributed by atoms with Gasteiger partial charge in [0.2, 0.25) is 11.8 Å². The van der Waals surface area contributed by atoms with Gasteiger partial charge in [-0.25, -0.2) is 0 Å². The lowest BCUT2D eigenvalue weighted by Crippen LogP contribution is -2.49. The number of nitrogens with one attached hydrogen (secondary N) is 1. The molecule has 37 heavy (non-hydrogen) atoms. The minimum absolute atomic E-state index is 0.0127. The molecule has 0 fully saturated rings. The van der Waals surface area contributed by atoms with Gasteiger partial charge in [-0.05, 0) is 56.3 Å². The third kappa shape index (κ3) is 5.60. The highest BCUT2D eigenvalue weighted by molar-refractivity contribution is 6.36. The molecule has 0 unspecified atom stereocenters. The van der Waals surface area contributed by atoms with Crippen LogP contribution in [0.1, 0.15) is 56.0 Å². The molecule has 0 aromatic heterocycles. The summed E-state index contributed by atoms with van der Waals surface area (Å²) >= 11 is 12.8. The Morgan fingerprint density at radius 1 is 1.00 bits per heavy atom. The molecule has 0 saturated carbocycles. The molecular formula is C29H31Cl2N3O3. The highest BCUT2D eigenvalue weighted by atomic mass is 35.5. The predicted octanol–water partition coefficient (Wildman–Crippen LogP) is 6.22. The summed E-state index contributed by atoms with van der Waals surface area (Å²) in [6.45, 7) is 6.13. The lowest BCUT2D eigenvalue weighted by Gasteiger charge is -2.30. The summed E-state index contributed by atoms with van der Waals surface area (Å²) in [4.78, 5) is 42.8. The first-order valence-electron chi connectivity index (χ1n) is 12.6. The second-order valence-electron chi connectivity index (χ2n) is 9.46. The fourth-order valence-electron chi connectivity index (χ4n) is 4.64. The second kappa shape index (κ2) is 11.5. The number of rotatable bonds is 10. The van der Waals surface area contributed by atoms with E-state index in [2.05, 4.69) is 5.32 Å². The van der Waals surface area contributed by atoms with Crippen LogP contribution in [-0.2, 0) is 16.1 Å². The van der Waals surface area contributed by atoms with Gasteiger partial charge in [-0.1, -0.05) is 60.5 Å². The van der Waals surface area contributed by atoms with Crippen molar-refractivity contribution in [1.82, 2.24) is 10.2 Å². The summed E-state index contributed by atoms with van der Waals surface area (Å²) in [5.74, 6) is -0.492. The number of nitrogens with zero attached hydrogens (tertiary/aromatic N) is 2. The van der Waals surface area contributed by atoms with E-state index in [1.165, 1.54) is 4.90 Å². The summed E-state index contributed by atoms with van der Waals surface area (Å²) in [5, 5.41) is 5.80. The fourth-order valence-corrected chi connectivity index (χ4v) is 5.15. The maximum absolute atomic E-state index is 13.5. The normalized spacial score (nSPS) is 14.1. The van der Waals surface area contributed by atoms with Crippen LogP contribution in [0.5, 0.6) is 0 Å². The van der Waals surface area contributed by atoms with Crippen LogP contribution in [0.25, 0.3) is 10.8 Å². The van der Waals surface area contributed by atoms with Crippen LogP contribution in [0, 0.1) is 0 Å². The van der Waals surface area contributed by atoms with Crippen molar-refractivity contribution in [2.45, 2.75) is 58.7 Å². The molecule has 1 aliphatic rings. The predicted molar refractivity (Wildman–Crippen MR) is 149 cm³/mol. The lowest BCUT2D eigenvalue weighted by molar-refractivity contribution is -0.140. The van der Waals surface area contributed by atoms with Crippen LogP contribution in [0.2, 0.25) is 10.0 Å². The summed E-state index contributed by atoms with van der Waals surface area (Å²) in [5.41, 5.74) is 2.15. The molecule has 194 valence electrons. The minimum Gasteiger partial charge on any atom is -0.352 e. The Morgan fingerprint density at radius 3 is 2.32 bits per heavy atom. The lowest BCUT2D eigenvalue weighted by atomic mass is 10.1. The highest BCUT2D eigenvalue weighted by Gasteiger charge is 2.31. The maximum atomic E-state index is 13.5. The van der Waals surface area contributed by atoms with Crippen molar-refractivity contribution in [3.63, 3.8) is 0 Å². The monoisotopic (exact) mass is 539 g/mol. The van der Waals surface area contributed by atoms with E-state index in [9.17, 15) is 14.4 Å². The van der Waals surface area contributed by atoms with Gasteiger partial charge in [-0.2, -0.15) is 0 Å². The quantitative estimate of drug-likeness (QED) is 0.332. The molecule has 0 saturated heterocycles. The van der Waals surface area contributed by atoms with E-state index in [0.29, 0.717) is 34.1 Å². The van der Waals surface area contributed by atoms with E-state index < -0.39 is 6.04 Å². The summed E-state index contributed by atoms with van der Waals surface area (Å²) in [7, 11) is 0. The molecule has 4 rings (SSSR count). The van der Waals surface area contributed by atoms with Crippen LogP contribution in [0.3, 0.4) is 0 Å². The number of carbonyl (C=O) groups is 3. The maximum Gasteiger partial charge on any atom is 0.258 e. The molecule has 1 N–H and O–H groups in total. The number of carbonyl (C=O) groups excluding carboxylic acids is 3. The van der Waals surface area contributed by atoms with Crippen LogP contribution < -0.4 is 10.2 Å². The first-order chi connectivity index (χ1) is 17.7. The van der Waals surface area contributed by atoms with Gasteiger partial charge >= 0.3 is 0 Å². The molecule has 3 amide bonds. The Morgan fingerprint density at radius 2 is 1.65 bits per heavy atom. The Kier molecular flexibility index (Phi) is 8.40. The first-order valence-corrected chi connectivity index (χ1v) is 13.3. The first kappa shape index (κ1) is 27.0. The van der Waals surface area contributed by atoms with Crippen LogP contribution in [0.4, 0.5) is 5.69 Å². The number of amides is 3. The van der Waals surface area contributed by atoms with Crippen molar-refractivity contribution in [1.29, 1.82) is 0 Å². The van der Waals surface area contributed by atoms with Gasteiger partial charge in [0.25, 0.3) is 5.91 Å². The van der Waals surface area contributed by atoms with Gasteiger partial charge in [-0.15, -0.1) is 0 Å². The van der Waals surface area contributed by atoms with Gasteiger partial charge in [0.15, 0.2) is 0 Å². The molecule has 2 atom stereocenters. The zero-order valence-corrected chi connectivity index (χ0v) is 22.8. The van der Waals surface area contributed by atoms with Crippen molar-refractivity contribution in [3.8, 4) is 0 Å². The summed E-state index contributed by atoms with van der Waals surface area (Å²) in [6.07, 6.45) is 1.39. The SMILES string of the molecule is CC[C@H](C)NC(=O)[C@@H](C)N(Cc1c(Cl)cccc1Cl)C(=O)CCCN1C(=O)c2cccc3cccc1c23. The Bertz CT molecular complexity index is 1320. The van der Waals surface area contributed by atoms with Crippen LogP contribution in [0.15, 0.2) is 54.6 Å². The van der Waals surface area contributed by atoms with E-state index in [4.69, 9.17) is 23.2 Å². The largest absolute Gasteiger partial charge is 0.352 e. The number of hydrogen-bond acceptors (Lipinski definition) is 3. The molecule has 0 bridgehead atoms. The zero-order chi connectivity index (χ0) is 26.7. The van der Waals surface area contributed by atoms with Crippen molar-refractivity contribution in [2.24, 2.45) is 0 Å². The number of benzene rings is 3. The highest BCUT2D eigenvalue weighted by Crippen LogP contribution is 2.37. The smallest absolute Gasteiger partial charge is 0.258 e. The third-order valence-electron chi connectivity index (χ3n) is 6.98. The molecule has 8 heteroatoms. The molecule has 1 heterocycles. The van der Waals surface area contributed by atoms with Crippen molar-refractivity contribution < 1.29 is 14.4 Å².